The molecule has 2 aliphatic rings. The summed E-state index contributed by atoms with van der Waals surface area (Å²) in [6.45, 7) is 0.984. The zero-order valence-electron chi connectivity index (χ0n) is 8.93. The predicted molar refractivity (Wildman–Crippen MR) is 62.9 cm³/mol. The van der Waals surface area contributed by atoms with Gasteiger partial charge in [-0.3, -0.25) is 0 Å². The van der Waals surface area contributed by atoms with Gasteiger partial charge in [-0.2, -0.15) is 0 Å². The van der Waals surface area contributed by atoms with Crippen molar-refractivity contribution < 1.29 is 4.74 Å². The Bertz CT molecular complexity index is 169. The number of hydrogen-bond acceptors (Lipinski definition) is 1. The molecule has 0 aromatic carbocycles. The Morgan fingerprint density at radius 2 is 1.93 bits per heavy atom. The Balaban J connectivity index is 1.89. The first-order valence-electron chi connectivity index (χ1n) is 6.05. The standard InChI is InChI=1S/C12H21BrO/c13-10-12(7-3-4-8-14-12)9-11-5-1-2-6-11/h11H,1-10H2. The van der Waals surface area contributed by atoms with Crippen LogP contribution in [0, 0.1) is 5.92 Å². The zero-order chi connectivity index (χ0) is 9.86. The summed E-state index contributed by atoms with van der Waals surface area (Å²) in [6, 6.07) is 0. The largest absolute Gasteiger partial charge is 0.374 e. The number of ether oxygens (including phenoxy) is 1. The molecule has 2 heteroatoms. The fraction of sp³-hybridized carbons (Fsp3) is 1.00. The molecule has 1 saturated carbocycles. The van der Waals surface area contributed by atoms with Gasteiger partial charge >= 0.3 is 0 Å². The Kier molecular flexibility index (Phi) is 3.89. The van der Waals surface area contributed by atoms with E-state index in [2.05, 4.69) is 15.9 Å². The first-order chi connectivity index (χ1) is 6.85. The summed E-state index contributed by atoms with van der Waals surface area (Å²) in [7, 11) is 0. The molecule has 1 nitrogen and oxygen atoms in total. The normalized spacial score (nSPS) is 34.9. The van der Waals surface area contributed by atoms with Crippen LogP contribution in [0.25, 0.3) is 0 Å². The molecular weight excluding hydrogens is 240 g/mol. The van der Waals surface area contributed by atoms with Crippen LogP contribution in [0.15, 0.2) is 0 Å². The lowest BCUT2D eigenvalue weighted by molar-refractivity contribution is -0.0742. The van der Waals surface area contributed by atoms with Crippen LogP contribution in [0.4, 0.5) is 0 Å². The molecule has 0 N–H and O–H groups in total. The van der Waals surface area contributed by atoms with Gasteiger partial charge in [-0.25, -0.2) is 0 Å². The Morgan fingerprint density at radius 3 is 2.50 bits per heavy atom. The maximum atomic E-state index is 6.03. The van der Waals surface area contributed by atoms with Crippen molar-refractivity contribution in [1.82, 2.24) is 0 Å². The predicted octanol–water partition coefficient (Wildman–Crippen LogP) is 3.90. The third-order valence-corrected chi connectivity index (χ3v) is 4.84. The summed E-state index contributed by atoms with van der Waals surface area (Å²) in [4.78, 5) is 0. The molecule has 1 unspecified atom stereocenters. The van der Waals surface area contributed by atoms with Crippen LogP contribution in [0.2, 0.25) is 0 Å². The summed E-state index contributed by atoms with van der Waals surface area (Å²) in [6.07, 6.45) is 11.0. The Hall–Kier alpha value is 0.440. The van der Waals surface area contributed by atoms with Crippen molar-refractivity contribution in [1.29, 1.82) is 0 Å². The molecular formula is C12H21BrO. The van der Waals surface area contributed by atoms with Crippen LogP contribution in [-0.2, 0) is 4.74 Å². The third-order valence-electron chi connectivity index (χ3n) is 3.81. The molecule has 14 heavy (non-hydrogen) atoms. The third kappa shape index (κ3) is 2.52. The highest BCUT2D eigenvalue weighted by Gasteiger charge is 2.35. The second-order valence-corrected chi connectivity index (χ2v) is 5.54. The zero-order valence-corrected chi connectivity index (χ0v) is 10.5. The van der Waals surface area contributed by atoms with Gasteiger partial charge in [-0.05, 0) is 31.6 Å². The molecule has 0 spiro atoms. The lowest BCUT2D eigenvalue weighted by Gasteiger charge is -2.37. The molecule has 0 amide bonds. The molecule has 1 atom stereocenters. The van der Waals surface area contributed by atoms with Crippen LogP contribution in [0.3, 0.4) is 0 Å². The molecule has 1 heterocycles. The van der Waals surface area contributed by atoms with Crippen molar-refractivity contribution in [3.05, 3.63) is 0 Å². The molecule has 0 aromatic heterocycles. The van der Waals surface area contributed by atoms with Crippen molar-refractivity contribution in [2.24, 2.45) is 5.92 Å². The van der Waals surface area contributed by atoms with Crippen LogP contribution in [-0.4, -0.2) is 17.5 Å². The fourth-order valence-electron chi connectivity index (χ4n) is 2.97. The van der Waals surface area contributed by atoms with Crippen molar-refractivity contribution in [3.8, 4) is 0 Å². The molecule has 0 bridgehead atoms. The van der Waals surface area contributed by atoms with Crippen LogP contribution >= 0.6 is 15.9 Å². The van der Waals surface area contributed by atoms with E-state index >= 15 is 0 Å². The van der Waals surface area contributed by atoms with Gasteiger partial charge in [-0.15, -0.1) is 0 Å². The van der Waals surface area contributed by atoms with Gasteiger partial charge < -0.3 is 4.74 Å². The average molecular weight is 261 g/mol. The average Bonchev–Trinajstić information content (AvgIpc) is 2.72. The summed E-state index contributed by atoms with van der Waals surface area (Å²) in [5.74, 6) is 0.950. The number of rotatable bonds is 3. The molecule has 1 saturated heterocycles. The summed E-state index contributed by atoms with van der Waals surface area (Å²) >= 11 is 3.65. The van der Waals surface area contributed by atoms with E-state index in [-0.39, 0.29) is 5.60 Å². The maximum absolute atomic E-state index is 6.03. The van der Waals surface area contributed by atoms with E-state index < -0.39 is 0 Å². The molecule has 2 rings (SSSR count). The number of hydrogen-bond donors (Lipinski definition) is 0. The van der Waals surface area contributed by atoms with Crippen molar-refractivity contribution >= 4 is 15.9 Å². The topological polar surface area (TPSA) is 9.23 Å². The highest BCUT2D eigenvalue weighted by atomic mass is 79.9. The minimum Gasteiger partial charge on any atom is -0.374 e. The molecule has 2 fully saturated rings. The molecule has 0 aromatic rings. The molecule has 1 aliphatic carbocycles. The van der Waals surface area contributed by atoms with Gasteiger partial charge in [-0.1, -0.05) is 41.6 Å². The van der Waals surface area contributed by atoms with Crippen molar-refractivity contribution in [2.75, 3.05) is 11.9 Å². The van der Waals surface area contributed by atoms with E-state index in [1.807, 2.05) is 0 Å². The van der Waals surface area contributed by atoms with Gasteiger partial charge in [0.05, 0.1) is 5.60 Å². The van der Waals surface area contributed by atoms with E-state index in [1.165, 1.54) is 51.4 Å². The molecule has 1 aliphatic heterocycles. The summed E-state index contributed by atoms with van der Waals surface area (Å²) in [5.41, 5.74) is 0.202. The van der Waals surface area contributed by atoms with Crippen LogP contribution in [0.5, 0.6) is 0 Å². The van der Waals surface area contributed by atoms with E-state index in [0.29, 0.717) is 0 Å². The first kappa shape index (κ1) is 10.9. The number of alkyl halides is 1. The Labute approximate surface area is 95.7 Å². The smallest absolute Gasteiger partial charge is 0.0781 e. The lowest BCUT2D eigenvalue weighted by Crippen LogP contribution is -2.39. The van der Waals surface area contributed by atoms with Gasteiger partial charge in [0.1, 0.15) is 0 Å². The van der Waals surface area contributed by atoms with Crippen molar-refractivity contribution in [3.63, 3.8) is 0 Å². The van der Waals surface area contributed by atoms with Crippen molar-refractivity contribution in [2.45, 2.75) is 57.0 Å². The van der Waals surface area contributed by atoms with E-state index in [4.69, 9.17) is 4.74 Å². The monoisotopic (exact) mass is 260 g/mol. The van der Waals surface area contributed by atoms with E-state index in [1.54, 1.807) is 0 Å². The summed E-state index contributed by atoms with van der Waals surface area (Å²) < 4.78 is 6.03. The van der Waals surface area contributed by atoms with Gasteiger partial charge in [0, 0.05) is 11.9 Å². The maximum Gasteiger partial charge on any atom is 0.0781 e. The van der Waals surface area contributed by atoms with Gasteiger partial charge in [0.25, 0.3) is 0 Å². The van der Waals surface area contributed by atoms with Gasteiger partial charge in [0.2, 0.25) is 0 Å². The van der Waals surface area contributed by atoms with E-state index in [0.717, 1.165) is 17.9 Å². The minimum absolute atomic E-state index is 0.202. The highest BCUT2D eigenvalue weighted by molar-refractivity contribution is 9.09. The Morgan fingerprint density at radius 1 is 1.14 bits per heavy atom. The second-order valence-electron chi connectivity index (χ2n) is 4.98. The van der Waals surface area contributed by atoms with Crippen LogP contribution < -0.4 is 0 Å². The first-order valence-corrected chi connectivity index (χ1v) is 7.17. The van der Waals surface area contributed by atoms with Crippen LogP contribution in [0.1, 0.15) is 51.4 Å². The number of halogens is 1. The molecule has 0 radical (unpaired) electrons. The molecule has 82 valence electrons. The second kappa shape index (κ2) is 4.98. The van der Waals surface area contributed by atoms with E-state index in [9.17, 15) is 0 Å². The highest BCUT2D eigenvalue weighted by Crippen LogP contribution is 2.38. The SMILES string of the molecule is BrCC1(CC2CCCC2)CCCCO1. The van der Waals surface area contributed by atoms with Gasteiger partial charge in [0.15, 0.2) is 0 Å². The minimum atomic E-state index is 0.202. The quantitative estimate of drug-likeness (QED) is 0.700. The fourth-order valence-corrected chi connectivity index (χ4v) is 3.64. The lowest BCUT2D eigenvalue weighted by atomic mass is 9.85. The summed E-state index contributed by atoms with van der Waals surface area (Å²) in [5, 5.41) is 1.04.